The van der Waals surface area contributed by atoms with Gasteiger partial charge in [-0.2, -0.15) is 0 Å². The summed E-state index contributed by atoms with van der Waals surface area (Å²) in [6.45, 7) is 6.45. The van der Waals surface area contributed by atoms with Crippen LogP contribution >= 0.6 is 0 Å². The molecule has 0 unspecified atom stereocenters. The lowest BCUT2D eigenvalue weighted by molar-refractivity contribution is -0.131. The quantitative estimate of drug-likeness (QED) is 0.845. The molecule has 2 aliphatic rings. The number of para-hydroxylation sites is 1. The molecule has 2 heterocycles. The molecule has 6 nitrogen and oxygen atoms in total. The molecule has 1 aromatic carbocycles. The van der Waals surface area contributed by atoms with Gasteiger partial charge >= 0.3 is 0 Å². The van der Waals surface area contributed by atoms with Crippen LogP contribution in [-0.4, -0.2) is 66.5 Å². The van der Waals surface area contributed by atoms with E-state index in [9.17, 15) is 9.59 Å². The summed E-state index contributed by atoms with van der Waals surface area (Å²) in [5.74, 6) is 1.03. The summed E-state index contributed by atoms with van der Waals surface area (Å²) >= 11 is 0. The molecular formula is C22H31N3O3. The summed E-state index contributed by atoms with van der Waals surface area (Å²) in [6, 6.07) is 8.14. The van der Waals surface area contributed by atoms with Gasteiger partial charge in [0.25, 0.3) is 0 Å². The maximum Gasteiger partial charge on any atom is 0.219 e. The van der Waals surface area contributed by atoms with Crippen LogP contribution in [0.15, 0.2) is 30.3 Å². The predicted molar refractivity (Wildman–Crippen MR) is 110 cm³/mol. The Labute approximate surface area is 167 Å². The van der Waals surface area contributed by atoms with Crippen LogP contribution in [0.2, 0.25) is 0 Å². The van der Waals surface area contributed by atoms with Crippen LogP contribution in [0.1, 0.15) is 38.7 Å². The molecule has 6 heteroatoms. The zero-order valence-corrected chi connectivity index (χ0v) is 17.1. The Morgan fingerprint density at radius 3 is 2.61 bits per heavy atom. The van der Waals surface area contributed by atoms with Crippen molar-refractivity contribution < 1.29 is 14.3 Å². The molecular weight excluding hydrogens is 354 g/mol. The first-order valence-corrected chi connectivity index (χ1v) is 10.0. The number of benzene rings is 1. The first-order valence-electron chi connectivity index (χ1n) is 10.0. The molecule has 2 saturated heterocycles. The summed E-state index contributed by atoms with van der Waals surface area (Å²) in [5, 5.41) is 3.10. The number of carbonyl (C=O) groups is 2. The number of hydrogen-bond acceptors (Lipinski definition) is 4. The monoisotopic (exact) mass is 385 g/mol. The van der Waals surface area contributed by atoms with Gasteiger partial charge in [0.15, 0.2) is 0 Å². The lowest BCUT2D eigenvalue weighted by atomic mass is 9.84. The van der Waals surface area contributed by atoms with Gasteiger partial charge in [-0.1, -0.05) is 30.4 Å². The third kappa shape index (κ3) is 4.55. The number of hydrogen-bond donors (Lipinski definition) is 1. The van der Waals surface area contributed by atoms with Crippen LogP contribution in [0.5, 0.6) is 5.75 Å². The van der Waals surface area contributed by atoms with E-state index < -0.39 is 0 Å². The highest BCUT2D eigenvalue weighted by atomic mass is 16.5. The van der Waals surface area contributed by atoms with Crippen molar-refractivity contribution in [2.75, 3.05) is 33.3 Å². The van der Waals surface area contributed by atoms with Crippen molar-refractivity contribution in [3.8, 4) is 5.75 Å². The standard InChI is InChI=1S/C22H31N3O3/c1-17(26)23-20-15-22(10-13-24(14-11-22)18(2)27)25(16-20)12-6-8-19-7-4-5-9-21(19)28-3/h4-9,20H,10-16H2,1-3H3,(H,23,26)/b8-6+/t20-/m0/s1. The average molecular weight is 386 g/mol. The van der Waals surface area contributed by atoms with Gasteiger partial charge in [-0.05, 0) is 25.3 Å². The van der Waals surface area contributed by atoms with Gasteiger partial charge < -0.3 is 15.0 Å². The molecule has 0 radical (unpaired) electrons. The van der Waals surface area contributed by atoms with Crippen molar-refractivity contribution in [3.05, 3.63) is 35.9 Å². The molecule has 1 aromatic rings. The lowest BCUT2D eigenvalue weighted by Crippen LogP contribution is -2.52. The first kappa shape index (κ1) is 20.4. The molecule has 0 aliphatic carbocycles. The maximum atomic E-state index is 11.7. The second-order valence-electron chi connectivity index (χ2n) is 7.88. The summed E-state index contributed by atoms with van der Waals surface area (Å²) in [4.78, 5) is 27.7. The van der Waals surface area contributed by atoms with Gasteiger partial charge in [-0.15, -0.1) is 0 Å². The molecule has 0 saturated carbocycles. The van der Waals surface area contributed by atoms with Gasteiger partial charge in [0, 0.05) is 57.2 Å². The van der Waals surface area contributed by atoms with Crippen LogP contribution in [0.4, 0.5) is 0 Å². The molecule has 1 N–H and O–H groups in total. The van der Waals surface area contributed by atoms with E-state index in [1.807, 2.05) is 29.2 Å². The minimum atomic E-state index is 0.0211. The maximum absolute atomic E-state index is 11.7. The average Bonchev–Trinajstić information content (AvgIpc) is 2.98. The Kier molecular flexibility index (Phi) is 6.39. The number of ether oxygens (including phenoxy) is 1. The van der Waals surface area contributed by atoms with E-state index in [1.54, 1.807) is 21.0 Å². The smallest absolute Gasteiger partial charge is 0.219 e. The van der Waals surface area contributed by atoms with Crippen molar-refractivity contribution in [2.45, 2.75) is 44.7 Å². The van der Waals surface area contributed by atoms with E-state index in [2.05, 4.69) is 22.4 Å². The van der Waals surface area contributed by atoms with Crippen LogP contribution < -0.4 is 10.1 Å². The number of carbonyl (C=O) groups excluding carboxylic acids is 2. The Hall–Kier alpha value is -2.34. The van der Waals surface area contributed by atoms with E-state index >= 15 is 0 Å². The van der Waals surface area contributed by atoms with Crippen LogP contribution in [0.25, 0.3) is 6.08 Å². The highest BCUT2D eigenvalue weighted by Crippen LogP contribution is 2.38. The zero-order chi connectivity index (χ0) is 20.1. The van der Waals surface area contributed by atoms with Crippen LogP contribution in [0.3, 0.4) is 0 Å². The molecule has 152 valence electrons. The van der Waals surface area contributed by atoms with Crippen LogP contribution in [0, 0.1) is 0 Å². The van der Waals surface area contributed by atoms with Crippen molar-refractivity contribution in [3.63, 3.8) is 0 Å². The summed E-state index contributed by atoms with van der Waals surface area (Å²) in [7, 11) is 1.68. The van der Waals surface area contributed by atoms with Gasteiger partial charge in [-0.25, -0.2) is 0 Å². The van der Waals surface area contributed by atoms with Crippen molar-refractivity contribution >= 4 is 17.9 Å². The third-order valence-corrected chi connectivity index (χ3v) is 6.05. The van der Waals surface area contributed by atoms with Gasteiger partial charge in [0.05, 0.1) is 7.11 Å². The molecule has 0 bridgehead atoms. The molecule has 1 spiro atoms. The normalized spacial score (nSPS) is 22.0. The van der Waals surface area contributed by atoms with Gasteiger partial charge in [0.2, 0.25) is 11.8 Å². The Morgan fingerprint density at radius 1 is 1.25 bits per heavy atom. The third-order valence-electron chi connectivity index (χ3n) is 6.05. The fraction of sp³-hybridized carbons (Fsp3) is 0.545. The van der Waals surface area contributed by atoms with Crippen molar-refractivity contribution in [2.24, 2.45) is 0 Å². The molecule has 2 aliphatic heterocycles. The number of nitrogens with one attached hydrogen (secondary N) is 1. The SMILES string of the molecule is COc1ccccc1/C=C/CN1C[C@@H](NC(C)=O)CC12CCN(C(C)=O)CC2. The largest absolute Gasteiger partial charge is 0.496 e. The first-order chi connectivity index (χ1) is 13.4. The number of piperidine rings is 1. The zero-order valence-electron chi connectivity index (χ0n) is 17.1. The van der Waals surface area contributed by atoms with Crippen molar-refractivity contribution in [1.82, 2.24) is 15.1 Å². The predicted octanol–water partition coefficient (Wildman–Crippen LogP) is 2.30. The fourth-order valence-corrected chi connectivity index (χ4v) is 4.63. The molecule has 28 heavy (non-hydrogen) atoms. The minimum absolute atomic E-state index is 0.0211. The second-order valence-corrected chi connectivity index (χ2v) is 7.88. The van der Waals surface area contributed by atoms with Crippen LogP contribution in [-0.2, 0) is 9.59 Å². The summed E-state index contributed by atoms with van der Waals surface area (Å²) in [5.41, 5.74) is 1.10. The molecule has 2 amide bonds. The second kappa shape index (κ2) is 8.78. The Bertz CT molecular complexity index is 738. The van der Waals surface area contributed by atoms with E-state index in [0.717, 1.165) is 56.8 Å². The number of likely N-dealkylation sites (tertiary alicyclic amines) is 2. The highest BCUT2D eigenvalue weighted by molar-refractivity contribution is 5.73. The summed E-state index contributed by atoms with van der Waals surface area (Å²) in [6.07, 6.45) is 7.12. The van der Waals surface area contributed by atoms with Crippen molar-refractivity contribution in [1.29, 1.82) is 0 Å². The molecule has 0 aromatic heterocycles. The number of amides is 2. The highest BCUT2D eigenvalue weighted by Gasteiger charge is 2.47. The molecule has 1 atom stereocenters. The Balaban J connectivity index is 1.71. The number of nitrogens with zero attached hydrogens (tertiary/aromatic N) is 2. The topological polar surface area (TPSA) is 61.9 Å². The Morgan fingerprint density at radius 2 is 1.96 bits per heavy atom. The van der Waals surface area contributed by atoms with E-state index in [-0.39, 0.29) is 23.4 Å². The number of rotatable bonds is 5. The van der Waals surface area contributed by atoms with Gasteiger partial charge in [0.1, 0.15) is 5.75 Å². The molecule has 3 rings (SSSR count). The van der Waals surface area contributed by atoms with E-state index in [1.165, 1.54) is 0 Å². The summed E-state index contributed by atoms with van der Waals surface area (Å²) < 4.78 is 5.42. The molecule has 2 fully saturated rings. The van der Waals surface area contributed by atoms with E-state index in [4.69, 9.17) is 4.74 Å². The minimum Gasteiger partial charge on any atom is -0.496 e. The lowest BCUT2D eigenvalue weighted by Gasteiger charge is -2.44. The number of methoxy groups -OCH3 is 1. The van der Waals surface area contributed by atoms with Gasteiger partial charge in [-0.3, -0.25) is 14.5 Å². The fourth-order valence-electron chi connectivity index (χ4n) is 4.63. The van der Waals surface area contributed by atoms with E-state index in [0.29, 0.717) is 0 Å².